The molecule has 0 fully saturated rings. The lowest BCUT2D eigenvalue weighted by atomic mass is 10.1. The fraction of sp³-hybridized carbons (Fsp3) is 0.250. The molecular weight excluding hydrogens is 284 g/mol. The Morgan fingerprint density at radius 3 is 2.29 bits per heavy atom. The molecular formula is C16H20N2O2S. The van der Waals surface area contributed by atoms with Crippen LogP contribution >= 0.6 is 0 Å². The standard InChI is InChI=1S/C16H20N2O2S/c1-11-9-10-15(17)12(2)16(11)21(19,20)18-13(3)14-7-5-4-6-8-14/h4-10,13,18H,17H2,1-3H3/t13-/m0/s1. The van der Waals surface area contributed by atoms with Gasteiger partial charge in [-0.2, -0.15) is 0 Å². The Bertz CT molecular complexity index is 740. The highest BCUT2D eigenvalue weighted by Crippen LogP contribution is 2.26. The molecule has 0 radical (unpaired) electrons. The maximum atomic E-state index is 12.6. The summed E-state index contributed by atoms with van der Waals surface area (Å²) < 4.78 is 28.0. The van der Waals surface area contributed by atoms with E-state index in [0.717, 1.165) is 5.56 Å². The molecule has 0 saturated heterocycles. The summed E-state index contributed by atoms with van der Waals surface area (Å²) in [6.45, 7) is 5.32. The van der Waals surface area contributed by atoms with Crippen molar-refractivity contribution >= 4 is 15.7 Å². The van der Waals surface area contributed by atoms with Crippen LogP contribution in [0.25, 0.3) is 0 Å². The molecule has 1 atom stereocenters. The van der Waals surface area contributed by atoms with Crippen molar-refractivity contribution in [2.75, 3.05) is 5.73 Å². The minimum Gasteiger partial charge on any atom is -0.398 e. The molecule has 5 heteroatoms. The SMILES string of the molecule is Cc1ccc(N)c(C)c1S(=O)(=O)N[C@@H](C)c1ccccc1. The summed E-state index contributed by atoms with van der Waals surface area (Å²) in [5.74, 6) is 0. The second-order valence-corrected chi connectivity index (χ2v) is 6.83. The van der Waals surface area contributed by atoms with E-state index >= 15 is 0 Å². The van der Waals surface area contributed by atoms with Crippen LogP contribution in [0.3, 0.4) is 0 Å². The third kappa shape index (κ3) is 3.25. The van der Waals surface area contributed by atoms with E-state index in [2.05, 4.69) is 4.72 Å². The second kappa shape index (κ2) is 5.87. The van der Waals surface area contributed by atoms with Gasteiger partial charge in [0.15, 0.2) is 0 Å². The third-order valence-electron chi connectivity index (χ3n) is 3.54. The minimum absolute atomic E-state index is 0.269. The number of sulfonamides is 1. The predicted molar refractivity (Wildman–Crippen MR) is 85.5 cm³/mol. The lowest BCUT2D eigenvalue weighted by Crippen LogP contribution is -2.28. The van der Waals surface area contributed by atoms with E-state index in [1.54, 1.807) is 26.0 Å². The molecule has 0 amide bonds. The maximum Gasteiger partial charge on any atom is 0.241 e. The van der Waals surface area contributed by atoms with Crippen LogP contribution in [0, 0.1) is 13.8 Å². The van der Waals surface area contributed by atoms with Gasteiger partial charge in [-0.05, 0) is 43.5 Å². The van der Waals surface area contributed by atoms with Gasteiger partial charge in [0.1, 0.15) is 0 Å². The van der Waals surface area contributed by atoms with Crippen molar-refractivity contribution in [1.82, 2.24) is 4.72 Å². The van der Waals surface area contributed by atoms with E-state index in [0.29, 0.717) is 16.8 Å². The average Bonchev–Trinajstić information content (AvgIpc) is 2.43. The fourth-order valence-electron chi connectivity index (χ4n) is 2.36. The average molecular weight is 304 g/mol. The molecule has 2 rings (SSSR count). The molecule has 0 heterocycles. The first-order valence-corrected chi connectivity index (χ1v) is 8.24. The van der Waals surface area contributed by atoms with Crippen molar-refractivity contribution in [2.45, 2.75) is 31.7 Å². The number of nitrogens with two attached hydrogens (primary N) is 1. The van der Waals surface area contributed by atoms with Gasteiger partial charge >= 0.3 is 0 Å². The molecule has 0 bridgehead atoms. The molecule has 21 heavy (non-hydrogen) atoms. The summed E-state index contributed by atoms with van der Waals surface area (Å²) in [4.78, 5) is 0.269. The lowest BCUT2D eigenvalue weighted by molar-refractivity contribution is 0.565. The topological polar surface area (TPSA) is 72.2 Å². The van der Waals surface area contributed by atoms with Crippen LogP contribution in [0.4, 0.5) is 5.69 Å². The van der Waals surface area contributed by atoms with E-state index in [1.807, 2.05) is 37.3 Å². The zero-order chi connectivity index (χ0) is 15.6. The largest absolute Gasteiger partial charge is 0.398 e. The zero-order valence-electron chi connectivity index (χ0n) is 12.4. The fourth-order valence-corrected chi connectivity index (χ4v) is 4.09. The van der Waals surface area contributed by atoms with Crippen molar-refractivity contribution in [3.05, 3.63) is 59.2 Å². The van der Waals surface area contributed by atoms with E-state index in [9.17, 15) is 8.42 Å². The molecule has 0 aliphatic rings. The molecule has 3 N–H and O–H groups in total. The Morgan fingerprint density at radius 2 is 1.67 bits per heavy atom. The van der Waals surface area contributed by atoms with E-state index in [4.69, 9.17) is 5.73 Å². The number of nitrogens with one attached hydrogen (secondary N) is 1. The first kappa shape index (κ1) is 15.5. The van der Waals surface area contributed by atoms with Crippen molar-refractivity contribution in [3.8, 4) is 0 Å². The van der Waals surface area contributed by atoms with Crippen LogP contribution in [-0.4, -0.2) is 8.42 Å². The van der Waals surface area contributed by atoms with E-state index in [1.165, 1.54) is 0 Å². The zero-order valence-corrected chi connectivity index (χ0v) is 13.2. The third-order valence-corrected chi connectivity index (χ3v) is 5.37. The van der Waals surface area contributed by atoms with Gasteiger partial charge in [-0.3, -0.25) is 0 Å². The summed E-state index contributed by atoms with van der Waals surface area (Å²) in [6.07, 6.45) is 0. The molecule has 0 spiro atoms. The summed E-state index contributed by atoms with van der Waals surface area (Å²) in [5.41, 5.74) is 8.51. The van der Waals surface area contributed by atoms with E-state index < -0.39 is 10.0 Å². The lowest BCUT2D eigenvalue weighted by Gasteiger charge is -2.18. The molecule has 112 valence electrons. The van der Waals surface area contributed by atoms with Crippen molar-refractivity contribution in [2.24, 2.45) is 0 Å². The summed E-state index contributed by atoms with van der Waals surface area (Å²) in [5, 5.41) is 0. The first-order valence-electron chi connectivity index (χ1n) is 6.76. The normalized spacial score (nSPS) is 13.1. The van der Waals surface area contributed by atoms with Crippen molar-refractivity contribution in [3.63, 3.8) is 0 Å². The van der Waals surface area contributed by atoms with Crippen LogP contribution in [0.2, 0.25) is 0 Å². The van der Waals surface area contributed by atoms with Crippen LogP contribution in [0.15, 0.2) is 47.4 Å². The molecule has 2 aromatic carbocycles. The van der Waals surface area contributed by atoms with Gasteiger partial charge in [-0.25, -0.2) is 13.1 Å². The van der Waals surface area contributed by atoms with Gasteiger partial charge in [0.25, 0.3) is 0 Å². The number of rotatable bonds is 4. The summed E-state index contributed by atoms with van der Waals surface area (Å²) in [7, 11) is -3.62. The Morgan fingerprint density at radius 1 is 1.05 bits per heavy atom. The molecule has 0 aliphatic heterocycles. The Balaban J connectivity index is 2.38. The highest BCUT2D eigenvalue weighted by molar-refractivity contribution is 7.89. The first-order chi connectivity index (χ1) is 9.83. The Hall–Kier alpha value is -1.85. The van der Waals surface area contributed by atoms with Crippen LogP contribution in [0.1, 0.15) is 29.7 Å². The quantitative estimate of drug-likeness (QED) is 0.853. The van der Waals surface area contributed by atoms with Gasteiger partial charge in [0.2, 0.25) is 10.0 Å². The number of aryl methyl sites for hydroxylation is 1. The van der Waals surface area contributed by atoms with Crippen molar-refractivity contribution in [1.29, 1.82) is 0 Å². The number of hydrogen-bond donors (Lipinski definition) is 2. The van der Waals surface area contributed by atoms with Gasteiger partial charge in [0, 0.05) is 11.7 Å². The van der Waals surface area contributed by atoms with Crippen LogP contribution in [0.5, 0.6) is 0 Å². The molecule has 2 aromatic rings. The van der Waals surface area contributed by atoms with Gasteiger partial charge < -0.3 is 5.73 Å². The summed E-state index contributed by atoms with van der Waals surface area (Å²) in [6, 6.07) is 12.6. The molecule has 4 nitrogen and oxygen atoms in total. The molecule has 0 unspecified atom stereocenters. The Labute approximate surface area is 126 Å². The predicted octanol–water partition coefficient (Wildman–Crippen LogP) is 2.93. The highest BCUT2D eigenvalue weighted by atomic mass is 32.2. The van der Waals surface area contributed by atoms with E-state index in [-0.39, 0.29) is 10.9 Å². The minimum atomic E-state index is -3.62. The van der Waals surface area contributed by atoms with Gasteiger partial charge in [0.05, 0.1) is 4.90 Å². The van der Waals surface area contributed by atoms with Gasteiger partial charge in [-0.15, -0.1) is 0 Å². The number of nitrogen functional groups attached to an aromatic ring is 1. The summed E-state index contributed by atoms with van der Waals surface area (Å²) >= 11 is 0. The number of hydrogen-bond acceptors (Lipinski definition) is 3. The smallest absolute Gasteiger partial charge is 0.241 e. The second-order valence-electron chi connectivity index (χ2n) is 5.18. The molecule has 0 saturated carbocycles. The molecule has 0 aromatic heterocycles. The van der Waals surface area contributed by atoms with Gasteiger partial charge in [-0.1, -0.05) is 36.4 Å². The number of benzene rings is 2. The van der Waals surface area contributed by atoms with Crippen LogP contribution in [-0.2, 0) is 10.0 Å². The monoisotopic (exact) mass is 304 g/mol. The van der Waals surface area contributed by atoms with Crippen molar-refractivity contribution < 1.29 is 8.42 Å². The number of anilines is 1. The van der Waals surface area contributed by atoms with Crippen LogP contribution < -0.4 is 10.5 Å². The molecule has 0 aliphatic carbocycles. The Kier molecular flexibility index (Phi) is 4.34. The maximum absolute atomic E-state index is 12.6. The highest BCUT2D eigenvalue weighted by Gasteiger charge is 2.23.